The minimum Gasteiger partial charge on any atom is -0.373 e. The predicted molar refractivity (Wildman–Crippen MR) is 78.5 cm³/mol. The third kappa shape index (κ3) is 2.59. The van der Waals surface area contributed by atoms with Crippen LogP contribution in [0.5, 0.6) is 0 Å². The fourth-order valence-corrected chi connectivity index (χ4v) is 2.12. The van der Waals surface area contributed by atoms with Crippen molar-refractivity contribution in [2.24, 2.45) is 0 Å². The molecular weight excluding hydrogens is 353 g/mol. The van der Waals surface area contributed by atoms with E-state index in [1.807, 2.05) is 0 Å². The highest BCUT2D eigenvalue weighted by atomic mass is 79.9. The second kappa shape index (κ2) is 5.72. The van der Waals surface area contributed by atoms with Crippen LogP contribution < -0.4 is 5.32 Å². The summed E-state index contributed by atoms with van der Waals surface area (Å²) in [5.74, 6) is -0.367. The van der Waals surface area contributed by atoms with Crippen LogP contribution in [-0.4, -0.2) is 17.0 Å². The molecule has 2 rings (SSSR count). The van der Waals surface area contributed by atoms with Gasteiger partial charge in [-0.3, -0.25) is 10.1 Å². The number of pyridine rings is 1. The first-order valence-electron chi connectivity index (χ1n) is 5.42. The summed E-state index contributed by atoms with van der Waals surface area (Å²) >= 11 is 8.89. The Hall–Kier alpha value is -1.73. The summed E-state index contributed by atoms with van der Waals surface area (Å²) < 4.78 is 14.6. The molecule has 0 aliphatic carbocycles. The van der Waals surface area contributed by atoms with Gasteiger partial charge in [-0.25, -0.2) is 9.37 Å². The Morgan fingerprint density at radius 2 is 2.10 bits per heavy atom. The second-order valence-corrected chi connectivity index (χ2v) is 5.03. The van der Waals surface area contributed by atoms with Crippen molar-refractivity contribution >= 4 is 39.0 Å². The van der Waals surface area contributed by atoms with Gasteiger partial charge in [0.05, 0.1) is 9.95 Å². The molecule has 1 aromatic carbocycles. The lowest BCUT2D eigenvalue weighted by atomic mass is 10.1. The molecule has 8 heteroatoms. The summed E-state index contributed by atoms with van der Waals surface area (Å²) in [5.41, 5.74) is -0.392. The van der Waals surface area contributed by atoms with Gasteiger partial charge in [-0.15, -0.1) is 0 Å². The summed E-state index contributed by atoms with van der Waals surface area (Å²) in [4.78, 5) is 14.5. The van der Waals surface area contributed by atoms with Gasteiger partial charge in [-0.05, 0) is 34.1 Å². The Kier molecular flexibility index (Phi) is 4.20. The Morgan fingerprint density at radius 1 is 1.40 bits per heavy atom. The minimum absolute atomic E-state index is 0.0259. The number of hydrogen-bond acceptors (Lipinski definition) is 4. The molecule has 1 aromatic heterocycles. The maximum atomic E-state index is 14.2. The summed E-state index contributed by atoms with van der Waals surface area (Å²) in [6.07, 6.45) is 0. The number of hydrogen-bond donors (Lipinski definition) is 1. The largest absolute Gasteiger partial charge is 0.373 e. The molecule has 0 unspecified atom stereocenters. The van der Waals surface area contributed by atoms with E-state index >= 15 is 0 Å². The molecule has 1 N–H and O–H groups in total. The van der Waals surface area contributed by atoms with Gasteiger partial charge >= 0.3 is 0 Å². The van der Waals surface area contributed by atoms with Gasteiger partial charge in [0, 0.05) is 23.2 Å². The number of nitro groups is 1. The van der Waals surface area contributed by atoms with Crippen LogP contribution >= 0.6 is 27.5 Å². The smallest absolute Gasteiger partial charge is 0.295 e. The molecular formula is C12H8BrClFN3O2. The zero-order valence-corrected chi connectivity index (χ0v) is 12.5. The van der Waals surface area contributed by atoms with Gasteiger partial charge in [0.15, 0.2) is 11.5 Å². The molecule has 104 valence electrons. The lowest BCUT2D eigenvalue weighted by molar-refractivity contribution is -0.384. The van der Waals surface area contributed by atoms with Crippen LogP contribution in [0.25, 0.3) is 11.3 Å². The highest BCUT2D eigenvalue weighted by molar-refractivity contribution is 9.10. The standard InChI is InChI=1S/C12H8BrClFN3O2/c1-16-9-5-4-8(18(19)20)12(17-9)6-2-3-7(13)10(14)11(6)15/h2-5H,1H3,(H,16,17). The number of benzene rings is 1. The minimum atomic E-state index is -0.759. The van der Waals surface area contributed by atoms with Gasteiger partial charge in [0.1, 0.15) is 5.82 Å². The first kappa shape index (κ1) is 14.7. The van der Waals surface area contributed by atoms with E-state index in [-0.39, 0.29) is 22.0 Å². The van der Waals surface area contributed by atoms with Crippen LogP contribution in [-0.2, 0) is 0 Å². The van der Waals surface area contributed by atoms with E-state index in [0.717, 1.165) is 0 Å². The molecule has 0 fully saturated rings. The topological polar surface area (TPSA) is 68.1 Å². The van der Waals surface area contributed by atoms with E-state index in [1.165, 1.54) is 24.3 Å². The molecule has 20 heavy (non-hydrogen) atoms. The maximum Gasteiger partial charge on any atom is 0.295 e. The first-order chi connectivity index (χ1) is 9.45. The molecule has 0 radical (unpaired) electrons. The molecule has 0 amide bonds. The Balaban J connectivity index is 2.73. The van der Waals surface area contributed by atoms with Gasteiger partial charge in [-0.1, -0.05) is 11.6 Å². The molecule has 0 saturated heterocycles. The van der Waals surface area contributed by atoms with Crippen molar-refractivity contribution in [1.82, 2.24) is 4.98 Å². The second-order valence-electron chi connectivity index (χ2n) is 3.79. The van der Waals surface area contributed by atoms with Crippen molar-refractivity contribution in [2.75, 3.05) is 12.4 Å². The normalized spacial score (nSPS) is 10.4. The Labute approximate surface area is 127 Å². The summed E-state index contributed by atoms with van der Waals surface area (Å²) in [6.45, 7) is 0. The van der Waals surface area contributed by atoms with Crippen molar-refractivity contribution < 1.29 is 9.31 Å². The highest BCUT2D eigenvalue weighted by Gasteiger charge is 2.22. The molecule has 0 atom stereocenters. The molecule has 0 aliphatic rings. The molecule has 0 aliphatic heterocycles. The van der Waals surface area contributed by atoms with Gasteiger partial charge in [-0.2, -0.15) is 0 Å². The molecule has 0 bridgehead atoms. The fraction of sp³-hybridized carbons (Fsp3) is 0.0833. The highest BCUT2D eigenvalue weighted by Crippen LogP contribution is 2.36. The van der Waals surface area contributed by atoms with Gasteiger partial charge < -0.3 is 5.32 Å². The Morgan fingerprint density at radius 3 is 2.70 bits per heavy atom. The number of aromatic nitrogens is 1. The average molecular weight is 361 g/mol. The van der Waals surface area contributed by atoms with Gasteiger partial charge in [0.25, 0.3) is 5.69 Å². The lowest BCUT2D eigenvalue weighted by Crippen LogP contribution is -2.00. The van der Waals surface area contributed by atoms with Crippen LogP contribution in [0.2, 0.25) is 5.02 Å². The number of halogens is 3. The van der Waals surface area contributed by atoms with Crippen molar-refractivity contribution in [3.8, 4) is 11.3 Å². The van der Waals surface area contributed by atoms with Crippen LogP contribution in [0.1, 0.15) is 0 Å². The first-order valence-corrected chi connectivity index (χ1v) is 6.60. The third-order valence-corrected chi connectivity index (χ3v) is 3.88. The number of nitrogens with one attached hydrogen (secondary N) is 1. The average Bonchev–Trinajstić information content (AvgIpc) is 2.44. The molecule has 1 heterocycles. The van der Waals surface area contributed by atoms with Crippen LogP contribution in [0.4, 0.5) is 15.9 Å². The van der Waals surface area contributed by atoms with Crippen LogP contribution in [0.15, 0.2) is 28.7 Å². The molecule has 5 nitrogen and oxygen atoms in total. The summed E-state index contributed by atoms with van der Waals surface area (Å²) in [6, 6.07) is 5.61. The zero-order valence-electron chi connectivity index (χ0n) is 10.2. The quantitative estimate of drug-likeness (QED) is 0.505. The SMILES string of the molecule is CNc1ccc([N+](=O)[O-])c(-c2ccc(Br)c(Cl)c2F)n1. The van der Waals surface area contributed by atoms with Gasteiger partial charge in [0.2, 0.25) is 0 Å². The lowest BCUT2D eigenvalue weighted by Gasteiger charge is -2.08. The number of rotatable bonds is 3. The van der Waals surface area contributed by atoms with Crippen LogP contribution in [0.3, 0.4) is 0 Å². The monoisotopic (exact) mass is 359 g/mol. The zero-order chi connectivity index (χ0) is 14.9. The molecule has 2 aromatic rings. The van der Waals surface area contributed by atoms with E-state index in [4.69, 9.17) is 11.6 Å². The fourth-order valence-electron chi connectivity index (χ4n) is 1.65. The van der Waals surface area contributed by atoms with E-state index in [9.17, 15) is 14.5 Å². The van der Waals surface area contributed by atoms with Crippen molar-refractivity contribution in [2.45, 2.75) is 0 Å². The van der Waals surface area contributed by atoms with E-state index in [0.29, 0.717) is 10.3 Å². The summed E-state index contributed by atoms with van der Waals surface area (Å²) in [5, 5.41) is 13.6. The Bertz CT molecular complexity index is 697. The third-order valence-electron chi connectivity index (χ3n) is 2.62. The number of nitrogens with zero attached hydrogens (tertiary/aromatic N) is 2. The maximum absolute atomic E-state index is 14.2. The molecule has 0 saturated carbocycles. The van der Waals surface area contributed by atoms with E-state index in [1.54, 1.807) is 7.05 Å². The van der Waals surface area contributed by atoms with Crippen molar-refractivity contribution in [1.29, 1.82) is 0 Å². The van der Waals surface area contributed by atoms with Crippen molar-refractivity contribution in [3.05, 3.63) is 49.7 Å². The van der Waals surface area contributed by atoms with E-state index < -0.39 is 10.7 Å². The van der Waals surface area contributed by atoms with Crippen molar-refractivity contribution in [3.63, 3.8) is 0 Å². The van der Waals surface area contributed by atoms with Crippen LogP contribution in [0, 0.1) is 15.9 Å². The predicted octanol–water partition coefficient (Wildman–Crippen LogP) is 4.25. The van der Waals surface area contributed by atoms with E-state index in [2.05, 4.69) is 26.2 Å². The molecule has 0 spiro atoms. The summed E-state index contributed by atoms with van der Waals surface area (Å²) in [7, 11) is 1.61. The number of anilines is 1.